The Hall–Kier alpha value is -0.120. The zero-order valence-corrected chi connectivity index (χ0v) is 11.0. The highest BCUT2D eigenvalue weighted by Crippen LogP contribution is 2.32. The molecule has 0 aromatic heterocycles. The molecule has 100 valence electrons. The molecule has 3 heteroatoms. The first-order valence-corrected chi connectivity index (χ1v) is 7.27. The third-order valence-electron chi connectivity index (χ3n) is 4.68. The standard InChI is InChI=1S/C14H27NO2/c1-2-11-3-4-14(17)12(9-11)10-15-7-5-13(16)6-8-15/h11-14,16-17H,2-10H2,1H3. The van der Waals surface area contributed by atoms with E-state index in [2.05, 4.69) is 11.8 Å². The molecule has 2 N–H and O–H groups in total. The average Bonchev–Trinajstić information content (AvgIpc) is 2.35. The van der Waals surface area contributed by atoms with Gasteiger partial charge in [-0.25, -0.2) is 0 Å². The topological polar surface area (TPSA) is 43.7 Å². The molecule has 0 bridgehead atoms. The maximum Gasteiger partial charge on any atom is 0.0580 e. The van der Waals surface area contributed by atoms with Crippen molar-refractivity contribution in [2.75, 3.05) is 19.6 Å². The fourth-order valence-corrected chi connectivity index (χ4v) is 3.35. The molecular formula is C14H27NO2. The maximum absolute atomic E-state index is 10.1. The first-order valence-electron chi connectivity index (χ1n) is 7.27. The zero-order chi connectivity index (χ0) is 12.3. The molecule has 0 aromatic carbocycles. The van der Waals surface area contributed by atoms with Crippen molar-refractivity contribution in [1.29, 1.82) is 0 Å². The number of likely N-dealkylation sites (tertiary alicyclic amines) is 1. The fraction of sp³-hybridized carbons (Fsp3) is 1.00. The van der Waals surface area contributed by atoms with Crippen LogP contribution in [0, 0.1) is 11.8 Å². The molecule has 1 heterocycles. The molecule has 3 unspecified atom stereocenters. The van der Waals surface area contributed by atoms with Crippen LogP contribution in [0.25, 0.3) is 0 Å². The third kappa shape index (κ3) is 3.67. The minimum atomic E-state index is -0.0929. The summed E-state index contributed by atoms with van der Waals surface area (Å²) in [6, 6.07) is 0. The second-order valence-corrected chi connectivity index (χ2v) is 5.95. The van der Waals surface area contributed by atoms with Crippen LogP contribution in [0.4, 0.5) is 0 Å². The van der Waals surface area contributed by atoms with E-state index < -0.39 is 0 Å². The van der Waals surface area contributed by atoms with Crippen molar-refractivity contribution in [1.82, 2.24) is 4.90 Å². The Morgan fingerprint density at radius 3 is 2.41 bits per heavy atom. The van der Waals surface area contributed by atoms with Crippen LogP contribution in [0.3, 0.4) is 0 Å². The van der Waals surface area contributed by atoms with Crippen LogP contribution in [-0.2, 0) is 0 Å². The van der Waals surface area contributed by atoms with Gasteiger partial charge in [0.1, 0.15) is 0 Å². The Kier molecular flexibility index (Phi) is 4.83. The van der Waals surface area contributed by atoms with Gasteiger partial charge in [-0.05, 0) is 43.9 Å². The lowest BCUT2D eigenvalue weighted by molar-refractivity contribution is 0.0111. The third-order valence-corrected chi connectivity index (χ3v) is 4.68. The summed E-state index contributed by atoms with van der Waals surface area (Å²) in [4.78, 5) is 2.43. The van der Waals surface area contributed by atoms with E-state index in [0.29, 0.717) is 5.92 Å². The summed E-state index contributed by atoms with van der Waals surface area (Å²) in [5.41, 5.74) is 0. The van der Waals surface area contributed by atoms with Gasteiger partial charge in [-0.3, -0.25) is 0 Å². The van der Waals surface area contributed by atoms with Crippen LogP contribution in [0.2, 0.25) is 0 Å². The monoisotopic (exact) mass is 241 g/mol. The Labute approximate surface area is 105 Å². The zero-order valence-electron chi connectivity index (χ0n) is 11.0. The summed E-state index contributed by atoms with van der Waals surface area (Å²) in [5, 5.41) is 19.6. The summed E-state index contributed by atoms with van der Waals surface area (Å²) in [7, 11) is 0. The second-order valence-electron chi connectivity index (χ2n) is 5.95. The molecule has 1 aliphatic heterocycles. The molecule has 0 amide bonds. The largest absolute Gasteiger partial charge is 0.393 e. The predicted molar refractivity (Wildman–Crippen MR) is 68.8 cm³/mol. The predicted octanol–water partition coefficient (Wildman–Crippen LogP) is 1.63. The number of nitrogens with zero attached hydrogens (tertiary/aromatic N) is 1. The van der Waals surface area contributed by atoms with E-state index >= 15 is 0 Å². The van der Waals surface area contributed by atoms with Crippen LogP contribution < -0.4 is 0 Å². The van der Waals surface area contributed by atoms with E-state index in [9.17, 15) is 10.2 Å². The molecule has 3 atom stereocenters. The van der Waals surface area contributed by atoms with Crippen LogP contribution in [0.1, 0.15) is 45.4 Å². The molecule has 1 aliphatic carbocycles. The number of piperidine rings is 1. The van der Waals surface area contributed by atoms with Gasteiger partial charge >= 0.3 is 0 Å². The highest BCUT2D eigenvalue weighted by atomic mass is 16.3. The van der Waals surface area contributed by atoms with Gasteiger partial charge in [0.15, 0.2) is 0 Å². The average molecular weight is 241 g/mol. The van der Waals surface area contributed by atoms with E-state index in [-0.39, 0.29) is 12.2 Å². The molecule has 1 saturated carbocycles. The number of aliphatic hydroxyl groups excluding tert-OH is 2. The normalized spacial score (nSPS) is 37.2. The van der Waals surface area contributed by atoms with Gasteiger partial charge in [-0.2, -0.15) is 0 Å². The first kappa shape index (κ1) is 13.3. The number of aliphatic hydroxyl groups is 2. The highest BCUT2D eigenvalue weighted by Gasteiger charge is 2.30. The molecule has 0 aromatic rings. The molecule has 0 spiro atoms. The molecule has 3 nitrogen and oxygen atoms in total. The summed E-state index contributed by atoms with van der Waals surface area (Å²) < 4.78 is 0. The Morgan fingerprint density at radius 1 is 1.06 bits per heavy atom. The van der Waals surface area contributed by atoms with Crippen molar-refractivity contribution in [3.05, 3.63) is 0 Å². The van der Waals surface area contributed by atoms with Crippen molar-refractivity contribution < 1.29 is 10.2 Å². The summed E-state index contributed by atoms with van der Waals surface area (Å²) in [6.07, 6.45) is 6.25. The van der Waals surface area contributed by atoms with Crippen molar-refractivity contribution in [2.24, 2.45) is 11.8 Å². The van der Waals surface area contributed by atoms with Gasteiger partial charge in [0.05, 0.1) is 12.2 Å². The first-order chi connectivity index (χ1) is 8.19. The molecule has 17 heavy (non-hydrogen) atoms. The van der Waals surface area contributed by atoms with Crippen molar-refractivity contribution >= 4 is 0 Å². The lowest BCUT2D eigenvalue weighted by atomic mass is 9.78. The van der Waals surface area contributed by atoms with Gasteiger partial charge in [-0.15, -0.1) is 0 Å². The van der Waals surface area contributed by atoms with E-state index in [1.54, 1.807) is 0 Å². The molecule has 1 saturated heterocycles. The van der Waals surface area contributed by atoms with E-state index in [0.717, 1.165) is 44.8 Å². The summed E-state index contributed by atoms with van der Waals surface area (Å²) >= 11 is 0. The number of hydrogen-bond acceptors (Lipinski definition) is 3. The minimum Gasteiger partial charge on any atom is -0.393 e. The van der Waals surface area contributed by atoms with Gasteiger partial charge in [0.2, 0.25) is 0 Å². The van der Waals surface area contributed by atoms with Crippen LogP contribution >= 0.6 is 0 Å². The van der Waals surface area contributed by atoms with Crippen molar-refractivity contribution in [2.45, 2.75) is 57.7 Å². The van der Waals surface area contributed by atoms with E-state index in [1.807, 2.05) is 0 Å². The smallest absolute Gasteiger partial charge is 0.0580 e. The molecular weight excluding hydrogens is 214 g/mol. The van der Waals surface area contributed by atoms with Crippen molar-refractivity contribution in [3.8, 4) is 0 Å². The van der Waals surface area contributed by atoms with Crippen molar-refractivity contribution in [3.63, 3.8) is 0 Å². The number of rotatable bonds is 3. The van der Waals surface area contributed by atoms with E-state index in [4.69, 9.17) is 0 Å². The van der Waals surface area contributed by atoms with Crippen LogP contribution in [0.15, 0.2) is 0 Å². The van der Waals surface area contributed by atoms with Gasteiger partial charge in [-0.1, -0.05) is 13.3 Å². The fourth-order valence-electron chi connectivity index (χ4n) is 3.35. The minimum absolute atomic E-state index is 0.0917. The van der Waals surface area contributed by atoms with Crippen LogP contribution in [0.5, 0.6) is 0 Å². The van der Waals surface area contributed by atoms with Crippen LogP contribution in [-0.4, -0.2) is 47.0 Å². The molecule has 0 radical (unpaired) electrons. The maximum atomic E-state index is 10.1. The lowest BCUT2D eigenvalue weighted by Gasteiger charge is -2.38. The Balaban J connectivity index is 1.80. The summed E-state index contributed by atoms with van der Waals surface area (Å²) in [5.74, 6) is 1.28. The Morgan fingerprint density at radius 2 is 1.76 bits per heavy atom. The molecule has 2 fully saturated rings. The highest BCUT2D eigenvalue weighted by molar-refractivity contribution is 4.83. The summed E-state index contributed by atoms with van der Waals surface area (Å²) in [6.45, 7) is 5.30. The van der Waals surface area contributed by atoms with Gasteiger partial charge in [0.25, 0.3) is 0 Å². The second kappa shape index (κ2) is 6.17. The molecule has 2 aliphatic rings. The van der Waals surface area contributed by atoms with E-state index in [1.165, 1.54) is 19.3 Å². The quantitative estimate of drug-likeness (QED) is 0.789. The SMILES string of the molecule is CCC1CCC(O)C(CN2CCC(O)CC2)C1. The van der Waals surface area contributed by atoms with Gasteiger partial charge < -0.3 is 15.1 Å². The number of hydrogen-bond donors (Lipinski definition) is 2. The lowest BCUT2D eigenvalue weighted by Crippen LogP contribution is -2.43. The van der Waals surface area contributed by atoms with Gasteiger partial charge in [0, 0.05) is 19.6 Å². The Bertz CT molecular complexity index is 226. The molecule has 2 rings (SSSR count).